The molecule has 0 aliphatic carbocycles. The monoisotopic (exact) mass is 544 g/mol. The molecule has 0 saturated carbocycles. The van der Waals surface area contributed by atoms with E-state index in [9.17, 15) is 18.5 Å². The molecule has 1 heterocycles. The summed E-state index contributed by atoms with van der Waals surface area (Å²) in [6, 6.07) is 21.2. The van der Waals surface area contributed by atoms with Crippen molar-refractivity contribution in [2.45, 2.75) is 17.9 Å². The number of halogens is 1. The summed E-state index contributed by atoms with van der Waals surface area (Å²) in [6.45, 7) is 3.59. The van der Waals surface area contributed by atoms with E-state index in [1.807, 2.05) is 37.3 Å². The highest BCUT2D eigenvalue weighted by molar-refractivity contribution is 9.10. The van der Waals surface area contributed by atoms with Gasteiger partial charge in [0.25, 0.3) is 5.69 Å². The van der Waals surface area contributed by atoms with Crippen molar-refractivity contribution in [3.8, 4) is 0 Å². The van der Waals surface area contributed by atoms with Crippen LogP contribution in [0.4, 0.5) is 17.1 Å². The third kappa shape index (κ3) is 5.24. The number of nitro benzene ring substituents is 1. The van der Waals surface area contributed by atoms with Crippen molar-refractivity contribution in [3.63, 3.8) is 0 Å². The maximum absolute atomic E-state index is 13.0. The first-order valence-corrected chi connectivity index (χ1v) is 13.1. The van der Waals surface area contributed by atoms with Crippen molar-refractivity contribution in [2.75, 3.05) is 36.4 Å². The highest BCUT2D eigenvalue weighted by atomic mass is 79.9. The van der Waals surface area contributed by atoms with Gasteiger partial charge in [-0.25, -0.2) is 8.42 Å². The number of piperazine rings is 1. The van der Waals surface area contributed by atoms with Crippen LogP contribution in [0.2, 0.25) is 0 Å². The number of benzene rings is 3. The molecule has 3 aromatic rings. The minimum Gasteiger partial charge on any atom is -0.373 e. The summed E-state index contributed by atoms with van der Waals surface area (Å²) in [4.78, 5) is 13.5. The molecule has 0 bridgehead atoms. The summed E-state index contributed by atoms with van der Waals surface area (Å²) in [5, 5.41) is 14.9. The van der Waals surface area contributed by atoms with E-state index in [4.69, 9.17) is 0 Å². The van der Waals surface area contributed by atoms with Crippen molar-refractivity contribution >= 4 is 43.0 Å². The molecule has 0 aromatic heterocycles. The lowest BCUT2D eigenvalue weighted by Crippen LogP contribution is -2.48. The van der Waals surface area contributed by atoms with E-state index in [0.717, 1.165) is 15.7 Å². The molecule has 1 fully saturated rings. The summed E-state index contributed by atoms with van der Waals surface area (Å²) in [7, 11) is -3.57. The summed E-state index contributed by atoms with van der Waals surface area (Å²) in [5.41, 5.74) is 2.27. The van der Waals surface area contributed by atoms with E-state index < -0.39 is 14.9 Å². The SMILES string of the molecule is CC(Nc1cc(N2CCN(S(=O)(=O)c3ccc(Br)cc3)CC2)ccc1[N+](=O)[O-])c1ccccc1. The third-order valence-corrected chi connectivity index (χ3v) is 8.35. The quantitative estimate of drug-likeness (QED) is 0.330. The smallest absolute Gasteiger partial charge is 0.292 e. The Morgan fingerprint density at radius 3 is 2.24 bits per heavy atom. The molecule has 0 amide bonds. The molecule has 10 heteroatoms. The summed E-state index contributed by atoms with van der Waals surface area (Å²) >= 11 is 3.33. The topological polar surface area (TPSA) is 95.8 Å². The average molecular weight is 545 g/mol. The molecular formula is C24H25BrN4O4S. The van der Waals surface area contributed by atoms with E-state index in [1.54, 1.807) is 36.4 Å². The van der Waals surface area contributed by atoms with Crippen molar-refractivity contribution in [2.24, 2.45) is 0 Å². The van der Waals surface area contributed by atoms with Crippen LogP contribution in [0.1, 0.15) is 18.5 Å². The highest BCUT2D eigenvalue weighted by Crippen LogP contribution is 2.33. The van der Waals surface area contributed by atoms with E-state index in [1.165, 1.54) is 10.4 Å². The van der Waals surface area contributed by atoms with E-state index in [-0.39, 0.29) is 16.6 Å². The van der Waals surface area contributed by atoms with Gasteiger partial charge in [0.15, 0.2) is 0 Å². The van der Waals surface area contributed by atoms with Crippen LogP contribution in [-0.4, -0.2) is 43.8 Å². The number of hydrogen-bond donors (Lipinski definition) is 1. The second-order valence-corrected chi connectivity index (χ2v) is 10.9. The highest BCUT2D eigenvalue weighted by Gasteiger charge is 2.29. The maximum Gasteiger partial charge on any atom is 0.292 e. The Labute approximate surface area is 207 Å². The van der Waals surface area contributed by atoms with Crippen LogP contribution in [0.15, 0.2) is 82.2 Å². The molecule has 1 atom stereocenters. The Kier molecular flexibility index (Phi) is 7.20. The largest absolute Gasteiger partial charge is 0.373 e. The molecule has 178 valence electrons. The molecule has 8 nitrogen and oxygen atoms in total. The Bertz CT molecular complexity index is 1260. The molecule has 4 rings (SSSR count). The van der Waals surface area contributed by atoms with Crippen LogP contribution >= 0.6 is 15.9 Å². The Hall–Kier alpha value is -2.95. The first kappa shape index (κ1) is 24.2. The Balaban J connectivity index is 1.50. The third-order valence-electron chi connectivity index (χ3n) is 5.90. The standard InChI is InChI=1S/C24H25BrN4O4S/c1-18(19-5-3-2-4-6-19)26-23-17-21(9-12-24(23)29(30)31)27-13-15-28(16-14-27)34(32,33)22-10-7-20(25)8-11-22/h2-12,17-18,26H,13-16H2,1H3. The van der Waals surface area contributed by atoms with E-state index in [2.05, 4.69) is 26.1 Å². The van der Waals surface area contributed by atoms with Crippen LogP contribution < -0.4 is 10.2 Å². The molecule has 1 saturated heterocycles. The molecular weight excluding hydrogens is 520 g/mol. The second-order valence-electron chi connectivity index (χ2n) is 8.08. The van der Waals surface area contributed by atoms with Crippen molar-refractivity contribution < 1.29 is 13.3 Å². The lowest BCUT2D eigenvalue weighted by Gasteiger charge is -2.35. The molecule has 1 unspecified atom stereocenters. The Morgan fingerprint density at radius 2 is 1.62 bits per heavy atom. The average Bonchev–Trinajstić information content (AvgIpc) is 2.84. The first-order valence-electron chi connectivity index (χ1n) is 10.9. The first-order chi connectivity index (χ1) is 16.3. The maximum atomic E-state index is 13.0. The number of hydrogen-bond acceptors (Lipinski definition) is 6. The van der Waals surface area contributed by atoms with Gasteiger partial charge in [0.1, 0.15) is 5.69 Å². The lowest BCUT2D eigenvalue weighted by atomic mass is 10.1. The fourth-order valence-corrected chi connectivity index (χ4v) is 5.68. The van der Waals surface area contributed by atoms with Crippen molar-refractivity contribution in [3.05, 3.63) is 92.9 Å². The van der Waals surface area contributed by atoms with Gasteiger partial charge in [-0.15, -0.1) is 0 Å². The van der Waals surface area contributed by atoms with Crippen molar-refractivity contribution in [1.82, 2.24) is 4.31 Å². The predicted octanol–water partition coefficient (Wildman–Crippen LogP) is 5.04. The molecule has 34 heavy (non-hydrogen) atoms. The van der Waals surface area contributed by atoms with Crippen LogP contribution in [0, 0.1) is 10.1 Å². The van der Waals surface area contributed by atoms with Gasteiger partial charge in [-0.3, -0.25) is 10.1 Å². The second kappa shape index (κ2) is 10.1. The van der Waals surface area contributed by atoms with Gasteiger partial charge in [0, 0.05) is 48.4 Å². The van der Waals surface area contributed by atoms with Gasteiger partial charge in [-0.1, -0.05) is 46.3 Å². The number of anilines is 2. The van der Waals surface area contributed by atoms with E-state index >= 15 is 0 Å². The zero-order valence-corrected chi connectivity index (χ0v) is 21.0. The molecule has 1 aliphatic rings. The normalized spacial score (nSPS) is 15.6. The summed E-state index contributed by atoms with van der Waals surface area (Å²) in [6.07, 6.45) is 0. The number of nitrogens with one attached hydrogen (secondary N) is 1. The number of nitrogens with zero attached hydrogens (tertiary/aromatic N) is 3. The predicted molar refractivity (Wildman–Crippen MR) is 137 cm³/mol. The Morgan fingerprint density at radius 1 is 0.971 bits per heavy atom. The molecule has 1 N–H and O–H groups in total. The van der Waals surface area contributed by atoms with Gasteiger partial charge in [-0.05, 0) is 48.9 Å². The lowest BCUT2D eigenvalue weighted by molar-refractivity contribution is -0.384. The molecule has 0 radical (unpaired) electrons. The number of nitro groups is 1. The van der Waals surface area contributed by atoms with E-state index in [0.29, 0.717) is 31.9 Å². The van der Waals surface area contributed by atoms with Gasteiger partial charge in [-0.2, -0.15) is 4.31 Å². The molecule has 1 aliphatic heterocycles. The van der Waals surface area contributed by atoms with Gasteiger partial charge in [0.2, 0.25) is 10.0 Å². The number of sulfonamides is 1. The van der Waals surface area contributed by atoms with Crippen LogP contribution in [0.25, 0.3) is 0 Å². The van der Waals surface area contributed by atoms with Gasteiger partial charge < -0.3 is 10.2 Å². The van der Waals surface area contributed by atoms with Crippen LogP contribution in [0.5, 0.6) is 0 Å². The minimum absolute atomic E-state index is 0.00276. The van der Waals surface area contributed by atoms with Crippen molar-refractivity contribution in [1.29, 1.82) is 0 Å². The summed E-state index contributed by atoms with van der Waals surface area (Å²) in [5.74, 6) is 0. The van der Waals surface area contributed by atoms with Gasteiger partial charge in [0.05, 0.1) is 9.82 Å². The fraction of sp³-hybridized carbons (Fsp3) is 0.250. The zero-order valence-electron chi connectivity index (χ0n) is 18.6. The zero-order chi connectivity index (χ0) is 24.3. The van der Waals surface area contributed by atoms with Crippen LogP contribution in [-0.2, 0) is 10.0 Å². The summed E-state index contributed by atoms with van der Waals surface area (Å²) < 4.78 is 28.3. The number of rotatable bonds is 7. The molecule has 3 aromatic carbocycles. The molecule has 0 spiro atoms. The van der Waals surface area contributed by atoms with Gasteiger partial charge >= 0.3 is 0 Å². The van der Waals surface area contributed by atoms with Crippen LogP contribution in [0.3, 0.4) is 0 Å². The minimum atomic E-state index is -3.57. The fourth-order valence-electron chi connectivity index (χ4n) is 4.00.